The number of carbonyl (C=O) groups excluding carboxylic acids is 3. The highest BCUT2D eigenvalue weighted by Crippen LogP contribution is 2.18. The van der Waals surface area contributed by atoms with Crippen LogP contribution in [0.15, 0.2) is 0 Å². The van der Waals surface area contributed by atoms with Gasteiger partial charge in [-0.15, -0.1) is 0 Å². The summed E-state index contributed by atoms with van der Waals surface area (Å²) in [5.74, 6) is 0.822. The molecule has 344 valence electrons. The van der Waals surface area contributed by atoms with Crippen LogP contribution in [0.2, 0.25) is 0 Å². The Morgan fingerprint density at radius 3 is 0.983 bits per heavy atom. The van der Waals surface area contributed by atoms with Crippen LogP contribution in [0.1, 0.15) is 285 Å². The lowest BCUT2D eigenvalue weighted by atomic mass is 9.99. The van der Waals surface area contributed by atoms with Gasteiger partial charge in [-0.05, 0) is 31.1 Å². The molecule has 0 saturated heterocycles. The van der Waals surface area contributed by atoms with Crippen molar-refractivity contribution in [2.45, 2.75) is 291 Å². The average Bonchev–Trinajstić information content (AvgIpc) is 3.21. The molecule has 0 amide bonds. The summed E-state index contributed by atoms with van der Waals surface area (Å²) in [7, 11) is 0. The topological polar surface area (TPSA) is 78.9 Å². The molecule has 0 aliphatic heterocycles. The summed E-state index contributed by atoms with van der Waals surface area (Å²) in [5, 5.41) is 0. The highest BCUT2D eigenvalue weighted by Gasteiger charge is 2.19. The lowest BCUT2D eigenvalue weighted by Gasteiger charge is -2.18. The summed E-state index contributed by atoms with van der Waals surface area (Å²) in [5.41, 5.74) is 0. The number of rotatable bonds is 46. The van der Waals surface area contributed by atoms with Crippen LogP contribution >= 0.6 is 0 Å². The first-order valence-electron chi connectivity index (χ1n) is 25.8. The van der Waals surface area contributed by atoms with E-state index in [2.05, 4.69) is 34.6 Å². The van der Waals surface area contributed by atoms with Gasteiger partial charge in [-0.2, -0.15) is 0 Å². The molecule has 0 bridgehead atoms. The quantitative estimate of drug-likeness (QED) is 0.0346. The van der Waals surface area contributed by atoms with E-state index in [4.69, 9.17) is 14.2 Å². The molecule has 6 nitrogen and oxygen atoms in total. The van der Waals surface area contributed by atoms with Gasteiger partial charge in [0.05, 0.1) is 0 Å². The highest BCUT2D eigenvalue weighted by atomic mass is 16.6. The van der Waals surface area contributed by atoms with Crippen LogP contribution < -0.4 is 0 Å². The molecule has 0 aliphatic carbocycles. The third-order valence-electron chi connectivity index (χ3n) is 12.1. The molecule has 0 saturated carbocycles. The molecule has 0 aliphatic rings. The maximum atomic E-state index is 12.7. The molecule has 0 aromatic heterocycles. The molecule has 1 unspecified atom stereocenters. The summed E-state index contributed by atoms with van der Waals surface area (Å²) in [4.78, 5) is 37.9. The van der Waals surface area contributed by atoms with Crippen molar-refractivity contribution >= 4 is 17.9 Å². The van der Waals surface area contributed by atoms with Crippen LogP contribution in [0.4, 0.5) is 0 Å². The van der Waals surface area contributed by atoms with Gasteiger partial charge in [0.15, 0.2) is 6.10 Å². The molecule has 0 rings (SSSR count). The zero-order valence-electron chi connectivity index (χ0n) is 39.7. The molecule has 0 heterocycles. The Labute approximate surface area is 361 Å². The lowest BCUT2D eigenvalue weighted by molar-refractivity contribution is -0.167. The fraction of sp³-hybridized carbons (Fsp3) is 0.942. The van der Waals surface area contributed by atoms with Gasteiger partial charge in [-0.25, -0.2) is 0 Å². The van der Waals surface area contributed by atoms with E-state index in [1.807, 2.05) is 0 Å². The van der Waals surface area contributed by atoms with E-state index in [9.17, 15) is 14.4 Å². The minimum absolute atomic E-state index is 0.0644. The van der Waals surface area contributed by atoms with Crippen LogP contribution in [0.5, 0.6) is 0 Å². The lowest BCUT2D eigenvalue weighted by Crippen LogP contribution is -2.30. The SMILES string of the molecule is CCCCCCCCCCCCCCC(=O)OC[C@H](COC(=O)CCCCCCCCCCCCCCCCC(C)CC)OC(=O)CCCCCCCCCC(C)C. The van der Waals surface area contributed by atoms with Crippen molar-refractivity contribution in [1.29, 1.82) is 0 Å². The number of ether oxygens (including phenoxy) is 3. The first kappa shape index (κ1) is 56.4. The predicted molar refractivity (Wildman–Crippen MR) is 247 cm³/mol. The number of unbranched alkanes of at least 4 members (excludes halogenated alkanes) is 30. The largest absolute Gasteiger partial charge is 0.462 e. The van der Waals surface area contributed by atoms with Gasteiger partial charge in [0, 0.05) is 19.3 Å². The molecule has 6 heteroatoms. The van der Waals surface area contributed by atoms with Gasteiger partial charge in [-0.3, -0.25) is 14.4 Å². The third kappa shape index (κ3) is 44.0. The van der Waals surface area contributed by atoms with Gasteiger partial charge >= 0.3 is 17.9 Å². The number of esters is 3. The van der Waals surface area contributed by atoms with Crippen molar-refractivity contribution < 1.29 is 28.6 Å². The second-order valence-electron chi connectivity index (χ2n) is 18.5. The maximum absolute atomic E-state index is 12.7. The van der Waals surface area contributed by atoms with E-state index in [0.717, 1.165) is 69.6 Å². The number of carbonyl (C=O) groups is 3. The van der Waals surface area contributed by atoms with Crippen molar-refractivity contribution in [1.82, 2.24) is 0 Å². The van der Waals surface area contributed by atoms with Crippen molar-refractivity contribution in [3.63, 3.8) is 0 Å². The molecular weight excluding hydrogens is 721 g/mol. The normalized spacial score (nSPS) is 12.5. The van der Waals surface area contributed by atoms with E-state index in [1.165, 1.54) is 173 Å². The van der Waals surface area contributed by atoms with E-state index < -0.39 is 6.10 Å². The molecular formula is C52H100O6. The van der Waals surface area contributed by atoms with E-state index in [1.54, 1.807) is 0 Å². The van der Waals surface area contributed by atoms with Crippen molar-refractivity contribution in [2.75, 3.05) is 13.2 Å². The highest BCUT2D eigenvalue weighted by molar-refractivity contribution is 5.71. The average molecular weight is 821 g/mol. The Bertz CT molecular complexity index is 887. The Kier molecular flexibility index (Phi) is 43.7. The number of hydrogen-bond acceptors (Lipinski definition) is 6. The van der Waals surface area contributed by atoms with Crippen molar-refractivity contribution in [3.8, 4) is 0 Å². The molecule has 0 aromatic rings. The van der Waals surface area contributed by atoms with Crippen LogP contribution in [0.25, 0.3) is 0 Å². The smallest absolute Gasteiger partial charge is 0.306 e. The van der Waals surface area contributed by atoms with Crippen molar-refractivity contribution in [3.05, 3.63) is 0 Å². The minimum atomic E-state index is -0.761. The molecule has 2 atom stereocenters. The fourth-order valence-electron chi connectivity index (χ4n) is 7.78. The summed E-state index contributed by atoms with van der Waals surface area (Å²) in [6.45, 7) is 11.4. The molecule has 0 spiro atoms. The Morgan fingerprint density at radius 1 is 0.362 bits per heavy atom. The maximum Gasteiger partial charge on any atom is 0.306 e. The molecule has 0 aromatic carbocycles. The third-order valence-corrected chi connectivity index (χ3v) is 12.1. The Morgan fingerprint density at radius 2 is 0.655 bits per heavy atom. The van der Waals surface area contributed by atoms with Gasteiger partial charge in [-0.1, -0.05) is 247 Å². The first-order valence-corrected chi connectivity index (χ1v) is 25.8. The predicted octanol–water partition coefficient (Wildman–Crippen LogP) is 16.5. The van der Waals surface area contributed by atoms with Gasteiger partial charge in [0.1, 0.15) is 13.2 Å². The van der Waals surface area contributed by atoms with Crippen LogP contribution in [0, 0.1) is 11.8 Å². The second-order valence-corrected chi connectivity index (χ2v) is 18.5. The van der Waals surface area contributed by atoms with Gasteiger partial charge in [0.25, 0.3) is 0 Å². The van der Waals surface area contributed by atoms with Crippen LogP contribution in [0.3, 0.4) is 0 Å². The minimum Gasteiger partial charge on any atom is -0.462 e. The standard InChI is InChI=1S/C52H100O6/c1-6-8-9-10-11-12-13-19-22-27-32-37-42-50(53)56-45-49(58-52(55)44-39-34-29-24-25-30-35-40-47(3)4)46-57-51(54)43-38-33-28-23-20-17-15-14-16-18-21-26-31-36-41-48(5)7-2/h47-49H,6-46H2,1-5H3/t48?,49-/m1/s1. The summed E-state index contributed by atoms with van der Waals surface area (Å²) in [6.07, 6.45) is 45.2. The van der Waals surface area contributed by atoms with Gasteiger partial charge < -0.3 is 14.2 Å². The van der Waals surface area contributed by atoms with E-state index in [0.29, 0.717) is 19.3 Å². The fourth-order valence-corrected chi connectivity index (χ4v) is 7.78. The molecule has 0 radical (unpaired) electrons. The number of hydrogen-bond donors (Lipinski definition) is 0. The Hall–Kier alpha value is -1.59. The Balaban J connectivity index is 4.25. The van der Waals surface area contributed by atoms with E-state index >= 15 is 0 Å². The van der Waals surface area contributed by atoms with Gasteiger partial charge in [0.2, 0.25) is 0 Å². The summed E-state index contributed by atoms with van der Waals surface area (Å²) < 4.78 is 16.8. The van der Waals surface area contributed by atoms with Crippen LogP contribution in [-0.2, 0) is 28.6 Å². The summed E-state index contributed by atoms with van der Waals surface area (Å²) >= 11 is 0. The van der Waals surface area contributed by atoms with Crippen molar-refractivity contribution in [2.24, 2.45) is 11.8 Å². The zero-order chi connectivity index (χ0) is 42.6. The molecule has 58 heavy (non-hydrogen) atoms. The molecule has 0 fully saturated rings. The second kappa shape index (κ2) is 44.9. The summed E-state index contributed by atoms with van der Waals surface area (Å²) in [6, 6.07) is 0. The molecule has 0 N–H and O–H groups in total. The first-order chi connectivity index (χ1) is 28.3. The van der Waals surface area contributed by atoms with E-state index in [-0.39, 0.29) is 31.1 Å². The zero-order valence-corrected chi connectivity index (χ0v) is 39.7. The van der Waals surface area contributed by atoms with Crippen LogP contribution in [-0.4, -0.2) is 37.2 Å². The monoisotopic (exact) mass is 821 g/mol.